The number of fused-ring (bicyclic) bond motifs is 1. The number of ether oxygens (including phenoxy) is 5. The average Bonchev–Trinajstić information content (AvgIpc) is 3.23. The van der Waals surface area contributed by atoms with Crippen LogP contribution >= 0.6 is 0 Å². The summed E-state index contributed by atoms with van der Waals surface area (Å²) in [6.07, 6.45) is 2.17. The van der Waals surface area contributed by atoms with Crippen LogP contribution in [0.3, 0.4) is 0 Å². The van der Waals surface area contributed by atoms with Crippen molar-refractivity contribution in [1.82, 2.24) is 0 Å². The molecule has 1 aromatic carbocycles. The molecule has 2 N–H and O–H groups in total. The Balaban J connectivity index is 1.35. The van der Waals surface area contributed by atoms with Crippen LogP contribution in [0, 0.1) is 23.7 Å². The Bertz CT molecular complexity index is 976. The molecule has 1 spiro atoms. The smallest absolute Gasteiger partial charge is 0.164 e. The quantitative estimate of drug-likeness (QED) is 0.182. The lowest BCUT2D eigenvalue weighted by molar-refractivity contribution is -0.238. The van der Waals surface area contributed by atoms with Crippen molar-refractivity contribution >= 4 is 8.07 Å². The van der Waals surface area contributed by atoms with Crippen LogP contribution in [0.15, 0.2) is 42.0 Å². The molecular formula is C29H44O7Si. The van der Waals surface area contributed by atoms with E-state index in [0.717, 1.165) is 23.8 Å². The van der Waals surface area contributed by atoms with Crippen LogP contribution in [-0.2, 0) is 30.3 Å². The normalized spacial score (nSPS) is 37.6. The number of benzene rings is 1. The molecule has 1 aliphatic heterocycles. The Kier molecular flexibility index (Phi) is 7.52. The molecule has 3 saturated carbocycles. The van der Waals surface area contributed by atoms with E-state index in [1.807, 2.05) is 38.1 Å². The molecule has 7 nitrogen and oxygen atoms in total. The number of aliphatic hydroxyl groups is 2. The van der Waals surface area contributed by atoms with Crippen LogP contribution < -0.4 is 0 Å². The molecule has 4 aliphatic carbocycles. The maximum atomic E-state index is 11.9. The average molecular weight is 533 g/mol. The molecule has 8 heteroatoms. The van der Waals surface area contributed by atoms with Gasteiger partial charge < -0.3 is 33.9 Å². The lowest BCUT2D eigenvalue weighted by atomic mass is 9.48. The van der Waals surface area contributed by atoms with Crippen LogP contribution in [0.25, 0.3) is 0 Å². The van der Waals surface area contributed by atoms with Gasteiger partial charge in [0.1, 0.15) is 12.4 Å². The first kappa shape index (κ1) is 27.5. The third-order valence-corrected chi connectivity index (χ3v) is 10.4. The summed E-state index contributed by atoms with van der Waals surface area (Å²) in [5.74, 6) is -0.997. The Morgan fingerprint density at radius 2 is 1.76 bits per heavy atom. The molecule has 1 heterocycles. The minimum absolute atomic E-state index is 0.00406. The van der Waals surface area contributed by atoms with Crippen LogP contribution in [0.5, 0.6) is 0 Å². The topological polar surface area (TPSA) is 86.6 Å². The second kappa shape index (κ2) is 10.1. The third-order valence-electron chi connectivity index (χ3n) is 8.72. The van der Waals surface area contributed by atoms with Gasteiger partial charge in [0, 0.05) is 20.6 Å². The summed E-state index contributed by atoms with van der Waals surface area (Å²) < 4.78 is 31.4. The fourth-order valence-electron chi connectivity index (χ4n) is 7.36. The van der Waals surface area contributed by atoms with Crippen LogP contribution in [0.2, 0.25) is 25.7 Å². The van der Waals surface area contributed by atoms with Crippen LogP contribution in [0.4, 0.5) is 0 Å². The number of rotatable bonds is 12. The summed E-state index contributed by atoms with van der Waals surface area (Å²) >= 11 is 0. The van der Waals surface area contributed by atoms with E-state index < -0.39 is 25.1 Å². The van der Waals surface area contributed by atoms with E-state index in [1.165, 1.54) is 0 Å². The molecule has 0 aromatic heterocycles. The van der Waals surface area contributed by atoms with Crippen molar-refractivity contribution in [3.8, 4) is 0 Å². The Hall–Kier alpha value is -1.10. The molecule has 0 radical (unpaired) electrons. The maximum Gasteiger partial charge on any atom is 0.164 e. The van der Waals surface area contributed by atoms with Gasteiger partial charge >= 0.3 is 0 Å². The molecule has 1 aromatic rings. The highest BCUT2D eigenvalue weighted by Crippen LogP contribution is 2.69. The van der Waals surface area contributed by atoms with Crippen molar-refractivity contribution in [3.63, 3.8) is 0 Å². The standard InChI is InChI=1S/C29H44O7Si/c1-27(2)35-26-22-14-28(31)13-21(15-30)29(26,36-27)25(28)24(18-33-16-20-9-7-6-8-10-20)23(22)17-34-19-32-11-12-37(3,4)5/h6-10,13,22-26,30-31H,11-12,14-19H2,1-5H3/t22-,23+,24-,25-,26+,28-,29-/m0/s1. The highest BCUT2D eigenvalue weighted by molar-refractivity contribution is 6.76. The van der Waals surface area contributed by atoms with E-state index >= 15 is 0 Å². The van der Waals surface area contributed by atoms with E-state index in [-0.39, 0.29) is 43.2 Å². The minimum atomic E-state index is -1.15. The molecule has 4 bridgehead atoms. The molecule has 7 atom stereocenters. The van der Waals surface area contributed by atoms with E-state index in [2.05, 4.69) is 31.8 Å². The summed E-state index contributed by atoms with van der Waals surface area (Å²) in [6, 6.07) is 11.2. The van der Waals surface area contributed by atoms with Gasteiger partial charge in [-0.25, -0.2) is 0 Å². The van der Waals surface area contributed by atoms with Gasteiger partial charge in [-0.15, -0.1) is 0 Å². The molecule has 37 heavy (non-hydrogen) atoms. The highest BCUT2D eigenvalue weighted by Gasteiger charge is 2.78. The number of hydrogen-bond acceptors (Lipinski definition) is 7. The lowest BCUT2D eigenvalue weighted by Gasteiger charge is -2.61. The maximum absolute atomic E-state index is 11.9. The van der Waals surface area contributed by atoms with E-state index in [0.29, 0.717) is 26.2 Å². The van der Waals surface area contributed by atoms with Gasteiger partial charge in [0.2, 0.25) is 0 Å². The molecule has 0 amide bonds. The zero-order valence-corrected chi connectivity index (χ0v) is 23.9. The van der Waals surface area contributed by atoms with Gasteiger partial charge in [-0.1, -0.05) is 50.0 Å². The number of aliphatic hydroxyl groups excluding tert-OH is 1. The summed E-state index contributed by atoms with van der Waals surface area (Å²) in [5, 5.41) is 22.2. The lowest BCUT2D eigenvalue weighted by Crippen LogP contribution is -2.70. The second-order valence-electron chi connectivity index (χ2n) is 13.0. The fourth-order valence-corrected chi connectivity index (χ4v) is 8.11. The first-order chi connectivity index (χ1) is 17.5. The Labute approximate surface area is 222 Å². The molecule has 6 rings (SSSR count). The van der Waals surface area contributed by atoms with Crippen LogP contribution in [-0.4, -0.2) is 74.6 Å². The van der Waals surface area contributed by atoms with Crippen molar-refractivity contribution in [1.29, 1.82) is 0 Å². The molecule has 5 aliphatic rings. The molecule has 1 saturated heterocycles. The predicted octanol–water partition coefficient (Wildman–Crippen LogP) is 3.97. The van der Waals surface area contributed by atoms with E-state index in [4.69, 9.17) is 23.7 Å². The van der Waals surface area contributed by atoms with Crippen molar-refractivity contribution in [2.75, 3.05) is 33.2 Å². The van der Waals surface area contributed by atoms with Crippen molar-refractivity contribution in [2.45, 2.75) is 75.7 Å². The molecule has 4 fully saturated rings. The van der Waals surface area contributed by atoms with Crippen molar-refractivity contribution in [3.05, 3.63) is 47.5 Å². The van der Waals surface area contributed by atoms with Gasteiger partial charge in [0.15, 0.2) is 5.79 Å². The molecule has 0 unspecified atom stereocenters. The molecule has 206 valence electrons. The first-order valence-electron chi connectivity index (χ1n) is 13.7. The largest absolute Gasteiger partial charge is 0.392 e. The first-order valence-corrected chi connectivity index (χ1v) is 17.4. The van der Waals surface area contributed by atoms with Gasteiger partial charge in [-0.3, -0.25) is 0 Å². The SMILES string of the molecule is CC1(C)O[C@@H]2[C@H]3C[C@@]4(O)C=C(CO)[C@]2(O1)[C@H]4[C@@H](COCc1ccccc1)[C@@H]3COCOCC[Si](C)(C)C. The van der Waals surface area contributed by atoms with Crippen molar-refractivity contribution in [2.24, 2.45) is 23.7 Å². The zero-order valence-electron chi connectivity index (χ0n) is 22.9. The van der Waals surface area contributed by atoms with Gasteiger partial charge in [-0.2, -0.15) is 0 Å². The van der Waals surface area contributed by atoms with E-state index in [9.17, 15) is 10.2 Å². The Morgan fingerprint density at radius 3 is 2.46 bits per heavy atom. The van der Waals surface area contributed by atoms with Gasteiger partial charge in [0.25, 0.3) is 0 Å². The minimum Gasteiger partial charge on any atom is -0.392 e. The van der Waals surface area contributed by atoms with Gasteiger partial charge in [0.05, 0.1) is 38.1 Å². The second-order valence-corrected chi connectivity index (χ2v) is 18.7. The Morgan fingerprint density at radius 1 is 1.03 bits per heavy atom. The monoisotopic (exact) mass is 532 g/mol. The summed E-state index contributed by atoms with van der Waals surface area (Å²) in [7, 11) is -1.15. The zero-order chi connectivity index (χ0) is 26.5. The fraction of sp³-hybridized carbons (Fsp3) is 0.724. The number of hydrogen-bond donors (Lipinski definition) is 2. The summed E-state index contributed by atoms with van der Waals surface area (Å²) in [6.45, 7) is 13.2. The van der Waals surface area contributed by atoms with Gasteiger partial charge in [-0.05, 0) is 61.3 Å². The van der Waals surface area contributed by atoms with E-state index in [1.54, 1.807) is 0 Å². The highest BCUT2D eigenvalue weighted by atomic mass is 28.3. The van der Waals surface area contributed by atoms with Crippen molar-refractivity contribution < 1.29 is 33.9 Å². The summed E-state index contributed by atoms with van der Waals surface area (Å²) in [4.78, 5) is 0. The van der Waals surface area contributed by atoms with Crippen LogP contribution in [0.1, 0.15) is 25.8 Å². The summed E-state index contributed by atoms with van der Waals surface area (Å²) in [5.41, 5.74) is -0.0597. The third kappa shape index (κ3) is 5.12. The molecular weight excluding hydrogens is 488 g/mol. The predicted molar refractivity (Wildman–Crippen MR) is 142 cm³/mol.